The molecule has 1 aliphatic rings. The van der Waals surface area contributed by atoms with Gasteiger partial charge < -0.3 is 11.1 Å². The van der Waals surface area contributed by atoms with E-state index in [1.54, 1.807) is 12.1 Å². The van der Waals surface area contributed by atoms with Gasteiger partial charge in [-0.15, -0.1) is 0 Å². The molecule has 0 saturated heterocycles. The van der Waals surface area contributed by atoms with Gasteiger partial charge in [-0.05, 0) is 37.5 Å². The highest BCUT2D eigenvalue weighted by Crippen LogP contribution is 2.40. The van der Waals surface area contributed by atoms with Crippen LogP contribution in [0.25, 0.3) is 0 Å². The molecular weight excluding hydrogens is 219 g/mol. The van der Waals surface area contributed by atoms with Gasteiger partial charge in [0, 0.05) is 6.54 Å². The van der Waals surface area contributed by atoms with E-state index in [4.69, 9.17) is 5.73 Å². The lowest BCUT2D eigenvalue weighted by molar-refractivity contribution is -0.129. The SMILES string of the molecule is Cc1ccc(NC(=O)C2(CN)CCC2)c(F)c1. The van der Waals surface area contributed by atoms with Crippen molar-refractivity contribution >= 4 is 11.6 Å². The average molecular weight is 236 g/mol. The van der Waals surface area contributed by atoms with Crippen molar-refractivity contribution in [3.05, 3.63) is 29.6 Å². The first-order valence-corrected chi connectivity index (χ1v) is 5.85. The minimum atomic E-state index is -0.475. The second kappa shape index (κ2) is 4.45. The van der Waals surface area contributed by atoms with Gasteiger partial charge in [-0.2, -0.15) is 0 Å². The first-order chi connectivity index (χ1) is 8.07. The van der Waals surface area contributed by atoms with E-state index in [0.29, 0.717) is 6.54 Å². The zero-order chi connectivity index (χ0) is 12.5. The molecule has 0 spiro atoms. The maximum Gasteiger partial charge on any atom is 0.231 e. The summed E-state index contributed by atoms with van der Waals surface area (Å²) < 4.78 is 13.6. The summed E-state index contributed by atoms with van der Waals surface area (Å²) in [5.41, 5.74) is 6.22. The highest BCUT2D eigenvalue weighted by Gasteiger charge is 2.42. The molecule has 1 aromatic rings. The second-order valence-corrected chi connectivity index (χ2v) is 4.78. The zero-order valence-corrected chi connectivity index (χ0v) is 9.92. The van der Waals surface area contributed by atoms with Crippen molar-refractivity contribution < 1.29 is 9.18 Å². The van der Waals surface area contributed by atoms with Gasteiger partial charge >= 0.3 is 0 Å². The van der Waals surface area contributed by atoms with Crippen molar-refractivity contribution in [3.63, 3.8) is 0 Å². The van der Waals surface area contributed by atoms with E-state index in [9.17, 15) is 9.18 Å². The lowest BCUT2D eigenvalue weighted by atomic mass is 9.68. The molecular formula is C13H17FN2O. The van der Waals surface area contributed by atoms with E-state index in [2.05, 4.69) is 5.32 Å². The van der Waals surface area contributed by atoms with E-state index < -0.39 is 11.2 Å². The Bertz CT molecular complexity index is 436. The highest BCUT2D eigenvalue weighted by molar-refractivity contribution is 5.96. The van der Waals surface area contributed by atoms with Crippen LogP contribution in [0.1, 0.15) is 24.8 Å². The van der Waals surface area contributed by atoms with E-state index in [-0.39, 0.29) is 11.6 Å². The first kappa shape index (κ1) is 12.0. The molecule has 17 heavy (non-hydrogen) atoms. The summed E-state index contributed by atoms with van der Waals surface area (Å²) in [7, 11) is 0. The fourth-order valence-corrected chi connectivity index (χ4v) is 2.10. The Kier molecular flexibility index (Phi) is 3.15. The second-order valence-electron chi connectivity index (χ2n) is 4.78. The number of halogens is 1. The summed E-state index contributed by atoms with van der Waals surface area (Å²) in [6.07, 6.45) is 2.60. The Balaban J connectivity index is 2.13. The van der Waals surface area contributed by atoms with Crippen LogP contribution in [-0.2, 0) is 4.79 Å². The lowest BCUT2D eigenvalue weighted by Gasteiger charge is -2.39. The van der Waals surface area contributed by atoms with Crippen LogP contribution >= 0.6 is 0 Å². The van der Waals surface area contributed by atoms with Crippen LogP contribution in [0.2, 0.25) is 0 Å². The van der Waals surface area contributed by atoms with Gasteiger partial charge in [-0.3, -0.25) is 4.79 Å². The fraction of sp³-hybridized carbons (Fsp3) is 0.462. The molecule has 0 bridgehead atoms. The Morgan fingerprint density at radius 2 is 2.24 bits per heavy atom. The molecule has 1 saturated carbocycles. The number of hydrogen-bond donors (Lipinski definition) is 2. The normalized spacial score (nSPS) is 17.4. The van der Waals surface area contributed by atoms with Crippen LogP contribution in [0.5, 0.6) is 0 Å². The number of rotatable bonds is 3. The van der Waals surface area contributed by atoms with Crippen molar-refractivity contribution in [1.29, 1.82) is 0 Å². The molecule has 0 atom stereocenters. The van der Waals surface area contributed by atoms with Crippen LogP contribution in [-0.4, -0.2) is 12.5 Å². The quantitative estimate of drug-likeness (QED) is 0.845. The summed E-state index contributed by atoms with van der Waals surface area (Å²) in [6, 6.07) is 4.77. The Morgan fingerprint density at radius 1 is 1.53 bits per heavy atom. The molecule has 3 N–H and O–H groups in total. The van der Waals surface area contributed by atoms with E-state index >= 15 is 0 Å². The van der Waals surface area contributed by atoms with Crippen LogP contribution in [0, 0.1) is 18.2 Å². The molecule has 92 valence electrons. The van der Waals surface area contributed by atoms with Gasteiger partial charge in [-0.1, -0.05) is 12.5 Å². The minimum Gasteiger partial charge on any atom is -0.329 e. The van der Waals surface area contributed by atoms with Gasteiger partial charge in [0.05, 0.1) is 11.1 Å². The third-order valence-corrected chi connectivity index (χ3v) is 3.56. The Labute approximate surface area is 100 Å². The molecule has 1 amide bonds. The molecule has 0 aliphatic heterocycles. The largest absolute Gasteiger partial charge is 0.329 e. The number of amides is 1. The summed E-state index contributed by atoms with van der Waals surface area (Å²) in [5.74, 6) is -0.557. The molecule has 1 fully saturated rings. The van der Waals surface area contributed by atoms with E-state index in [1.807, 2.05) is 6.92 Å². The number of nitrogens with one attached hydrogen (secondary N) is 1. The van der Waals surface area contributed by atoms with Crippen LogP contribution in [0.3, 0.4) is 0 Å². The smallest absolute Gasteiger partial charge is 0.231 e. The van der Waals surface area contributed by atoms with Crippen molar-refractivity contribution in [1.82, 2.24) is 0 Å². The Morgan fingerprint density at radius 3 is 2.71 bits per heavy atom. The van der Waals surface area contributed by atoms with Crippen molar-refractivity contribution in [3.8, 4) is 0 Å². The maximum atomic E-state index is 13.6. The number of carbonyl (C=O) groups excluding carboxylic acids is 1. The van der Waals surface area contributed by atoms with Gasteiger partial charge in [0.1, 0.15) is 5.82 Å². The number of anilines is 1. The van der Waals surface area contributed by atoms with Crippen molar-refractivity contribution in [2.75, 3.05) is 11.9 Å². The third kappa shape index (κ3) is 2.17. The molecule has 0 radical (unpaired) electrons. The summed E-state index contributed by atoms with van der Waals surface area (Å²) >= 11 is 0. The standard InChI is InChI=1S/C13H17FN2O/c1-9-3-4-11(10(14)7-9)16-12(17)13(8-15)5-2-6-13/h3-4,7H,2,5-6,8,15H2,1H3,(H,16,17). The predicted molar refractivity (Wildman–Crippen MR) is 65.1 cm³/mol. The number of benzene rings is 1. The Hall–Kier alpha value is -1.42. The minimum absolute atomic E-state index is 0.158. The third-order valence-electron chi connectivity index (χ3n) is 3.56. The van der Waals surface area contributed by atoms with Gasteiger partial charge in [0.15, 0.2) is 0 Å². The predicted octanol–water partition coefficient (Wildman–Crippen LogP) is 2.20. The van der Waals surface area contributed by atoms with Crippen LogP contribution < -0.4 is 11.1 Å². The van der Waals surface area contributed by atoms with E-state index in [1.165, 1.54) is 6.07 Å². The summed E-state index contributed by atoms with van der Waals surface area (Å²) in [6.45, 7) is 2.13. The molecule has 0 unspecified atom stereocenters. The van der Waals surface area contributed by atoms with Crippen molar-refractivity contribution in [2.45, 2.75) is 26.2 Å². The number of carbonyl (C=O) groups is 1. The van der Waals surface area contributed by atoms with Crippen molar-refractivity contribution in [2.24, 2.45) is 11.1 Å². The summed E-state index contributed by atoms with van der Waals surface area (Å²) in [4.78, 5) is 12.0. The first-order valence-electron chi connectivity index (χ1n) is 5.85. The lowest BCUT2D eigenvalue weighted by Crippen LogP contribution is -2.47. The summed E-state index contributed by atoms with van der Waals surface area (Å²) in [5, 5.41) is 2.64. The van der Waals surface area contributed by atoms with E-state index in [0.717, 1.165) is 24.8 Å². The number of hydrogen-bond acceptors (Lipinski definition) is 2. The molecule has 0 heterocycles. The molecule has 1 aliphatic carbocycles. The molecule has 1 aromatic carbocycles. The fourth-order valence-electron chi connectivity index (χ4n) is 2.10. The van der Waals surface area contributed by atoms with Gasteiger partial charge in [-0.25, -0.2) is 4.39 Å². The monoisotopic (exact) mass is 236 g/mol. The van der Waals surface area contributed by atoms with Crippen LogP contribution in [0.15, 0.2) is 18.2 Å². The highest BCUT2D eigenvalue weighted by atomic mass is 19.1. The molecule has 0 aromatic heterocycles. The van der Waals surface area contributed by atoms with Crippen LogP contribution in [0.4, 0.5) is 10.1 Å². The van der Waals surface area contributed by atoms with Gasteiger partial charge in [0.25, 0.3) is 0 Å². The maximum absolute atomic E-state index is 13.6. The number of aryl methyl sites for hydroxylation is 1. The molecule has 2 rings (SSSR count). The van der Waals surface area contributed by atoms with Gasteiger partial charge in [0.2, 0.25) is 5.91 Å². The molecule has 4 heteroatoms. The topological polar surface area (TPSA) is 55.1 Å². The zero-order valence-electron chi connectivity index (χ0n) is 9.92. The molecule has 3 nitrogen and oxygen atoms in total. The number of nitrogens with two attached hydrogens (primary N) is 1. The average Bonchev–Trinajstić information content (AvgIpc) is 2.21.